The van der Waals surface area contributed by atoms with Gasteiger partial charge in [0, 0.05) is 24.4 Å². The molecule has 1 heterocycles. The van der Waals surface area contributed by atoms with Crippen LogP contribution >= 0.6 is 0 Å². The Kier molecular flexibility index (Phi) is 7.17. The molecule has 0 fully saturated rings. The van der Waals surface area contributed by atoms with Crippen LogP contribution < -0.4 is 4.90 Å². The molecule has 2 rings (SSSR count). The summed E-state index contributed by atoms with van der Waals surface area (Å²) in [5, 5.41) is 18.3. The second-order valence-corrected chi connectivity index (χ2v) is 6.72. The van der Waals surface area contributed by atoms with Crippen LogP contribution in [0.3, 0.4) is 0 Å². The van der Waals surface area contributed by atoms with Gasteiger partial charge in [0.15, 0.2) is 0 Å². The minimum atomic E-state index is -0.828. The third-order valence-corrected chi connectivity index (χ3v) is 4.44. The van der Waals surface area contributed by atoms with E-state index in [9.17, 15) is 0 Å². The lowest BCUT2D eigenvalue weighted by atomic mass is 9.97. The van der Waals surface area contributed by atoms with Crippen LogP contribution in [-0.2, 0) is 4.74 Å². The van der Waals surface area contributed by atoms with Gasteiger partial charge in [-0.15, -0.1) is 0 Å². The predicted octanol–water partition coefficient (Wildman–Crippen LogP) is 3.48. The third-order valence-electron chi connectivity index (χ3n) is 4.44. The molecule has 2 N–H and O–H groups in total. The van der Waals surface area contributed by atoms with Crippen molar-refractivity contribution < 1.29 is 14.9 Å². The smallest absolute Gasteiger partial charge is 0.499 e. The van der Waals surface area contributed by atoms with E-state index in [0.29, 0.717) is 18.7 Å². The first-order valence-corrected chi connectivity index (χ1v) is 8.97. The van der Waals surface area contributed by atoms with E-state index in [4.69, 9.17) is 34.7 Å². The molecule has 0 saturated carbocycles. The standard InChI is InChI=1S/C22H22N4O3/c1-22(2)18(19(23-3)20(29-22)21(24-4)25-5)11-8-16-6-9-17(10-7-16)26(12-14-27)13-15-28/h6-11,27-28H,12-15H2,1-2H3/b11-8+. The van der Waals surface area contributed by atoms with Crippen LogP contribution in [0.4, 0.5) is 5.69 Å². The van der Waals surface area contributed by atoms with Gasteiger partial charge in [0.1, 0.15) is 18.7 Å². The van der Waals surface area contributed by atoms with E-state index in [1.165, 1.54) is 0 Å². The van der Waals surface area contributed by atoms with Crippen molar-refractivity contribution >= 4 is 11.8 Å². The Hall–Kier alpha value is -3.57. The lowest BCUT2D eigenvalue weighted by Gasteiger charge is -2.23. The van der Waals surface area contributed by atoms with Crippen molar-refractivity contribution in [1.29, 1.82) is 0 Å². The van der Waals surface area contributed by atoms with E-state index < -0.39 is 5.60 Å². The number of rotatable bonds is 7. The zero-order chi connectivity index (χ0) is 21.4. The van der Waals surface area contributed by atoms with E-state index in [0.717, 1.165) is 11.3 Å². The van der Waals surface area contributed by atoms with Gasteiger partial charge >= 0.3 is 5.82 Å². The molecule has 0 amide bonds. The summed E-state index contributed by atoms with van der Waals surface area (Å²) in [5.74, 6) is -0.210. The highest BCUT2D eigenvalue weighted by Gasteiger charge is 2.41. The maximum atomic E-state index is 9.16. The maximum Gasteiger partial charge on any atom is 0.550 e. The molecule has 0 bridgehead atoms. The molecule has 0 saturated heterocycles. The zero-order valence-corrected chi connectivity index (χ0v) is 16.4. The van der Waals surface area contributed by atoms with Crippen molar-refractivity contribution in [2.75, 3.05) is 31.2 Å². The van der Waals surface area contributed by atoms with Gasteiger partial charge in [-0.25, -0.2) is 4.85 Å². The summed E-state index contributed by atoms with van der Waals surface area (Å²) in [6.45, 7) is 26.2. The molecule has 0 aliphatic carbocycles. The largest absolute Gasteiger partial charge is 0.550 e. The number of hydrogen-bond acceptors (Lipinski definition) is 4. The van der Waals surface area contributed by atoms with Crippen molar-refractivity contribution in [3.05, 3.63) is 93.0 Å². The van der Waals surface area contributed by atoms with Crippen molar-refractivity contribution in [1.82, 2.24) is 0 Å². The number of ether oxygens (including phenoxy) is 1. The summed E-state index contributed by atoms with van der Waals surface area (Å²) in [6.07, 6.45) is 3.62. The van der Waals surface area contributed by atoms with Crippen molar-refractivity contribution in [2.24, 2.45) is 0 Å². The molecule has 0 radical (unpaired) electrons. The first-order chi connectivity index (χ1) is 13.9. The SMILES string of the molecule is [C-]#[N+]C([N+]#[C-])=C1OC(C)(C)C(/C=C/c2ccc(N(CCO)CCO)cc2)=C1[N+]#[C-]. The van der Waals surface area contributed by atoms with Crippen LogP contribution in [0.25, 0.3) is 20.6 Å². The second-order valence-electron chi connectivity index (χ2n) is 6.72. The first-order valence-electron chi connectivity index (χ1n) is 8.97. The molecule has 1 aliphatic heterocycles. The summed E-state index contributed by atoms with van der Waals surface area (Å²) in [4.78, 5) is 11.7. The highest BCUT2D eigenvalue weighted by Crippen LogP contribution is 2.41. The molecule has 0 unspecified atom stereocenters. The van der Waals surface area contributed by atoms with E-state index >= 15 is 0 Å². The fraction of sp³-hybridized carbons (Fsp3) is 0.318. The lowest BCUT2D eigenvalue weighted by molar-refractivity contribution is 0.0951. The normalized spacial score (nSPS) is 14.9. The van der Waals surface area contributed by atoms with Crippen LogP contribution in [-0.4, -0.2) is 42.1 Å². The lowest BCUT2D eigenvalue weighted by Crippen LogP contribution is -2.29. The van der Waals surface area contributed by atoms with Gasteiger partial charge in [0.05, 0.1) is 19.8 Å². The quantitative estimate of drug-likeness (QED) is 0.700. The number of aliphatic hydroxyl groups excluding tert-OH is 2. The van der Waals surface area contributed by atoms with Crippen LogP contribution in [0.15, 0.2) is 53.2 Å². The van der Waals surface area contributed by atoms with Crippen LogP contribution in [0.2, 0.25) is 0 Å². The van der Waals surface area contributed by atoms with Gasteiger partial charge in [-0.3, -0.25) is 0 Å². The average molecular weight is 390 g/mol. The molecule has 1 aliphatic rings. The number of nitrogens with zero attached hydrogens (tertiary/aromatic N) is 4. The van der Waals surface area contributed by atoms with Gasteiger partial charge in [-0.2, -0.15) is 9.69 Å². The van der Waals surface area contributed by atoms with E-state index in [1.54, 1.807) is 19.9 Å². The summed E-state index contributed by atoms with van der Waals surface area (Å²) >= 11 is 0. The molecular formula is C22H22N4O3. The fourth-order valence-electron chi connectivity index (χ4n) is 3.02. The molecule has 0 atom stereocenters. The van der Waals surface area contributed by atoms with Gasteiger partial charge in [0.25, 0.3) is 0 Å². The second kappa shape index (κ2) is 9.57. The van der Waals surface area contributed by atoms with Crippen LogP contribution in [0.5, 0.6) is 0 Å². The Morgan fingerprint density at radius 3 is 2.10 bits per heavy atom. The fourth-order valence-corrected chi connectivity index (χ4v) is 3.02. The van der Waals surface area contributed by atoms with Crippen molar-refractivity contribution in [2.45, 2.75) is 19.4 Å². The first kappa shape index (κ1) is 21.7. The molecule has 7 heteroatoms. The molecule has 1 aromatic carbocycles. The third kappa shape index (κ3) is 4.83. The average Bonchev–Trinajstić information content (AvgIpc) is 2.97. The highest BCUT2D eigenvalue weighted by molar-refractivity contribution is 5.62. The molecule has 0 spiro atoms. The van der Waals surface area contributed by atoms with Crippen LogP contribution in [0, 0.1) is 19.7 Å². The molecular weight excluding hydrogens is 368 g/mol. The summed E-state index contributed by atoms with van der Waals surface area (Å²) in [5.41, 5.74) is 1.74. The van der Waals surface area contributed by atoms with Crippen LogP contribution in [0.1, 0.15) is 19.4 Å². The molecule has 0 aromatic heterocycles. The highest BCUT2D eigenvalue weighted by atomic mass is 16.5. The zero-order valence-electron chi connectivity index (χ0n) is 16.4. The Bertz CT molecular complexity index is 945. The van der Waals surface area contributed by atoms with Crippen molar-refractivity contribution in [3.8, 4) is 0 Å². The van der Waals surface area contributed by atoms with Gasteiger partial charge in [0.2, 0.25) is 11.5 Å². The van der Waals surface area contributed by atoms with Gasteiger partial charge in [-0.1, -0.05) is 24.3 Å². The van der Waals surface area contributed by atoms with Gasteiger partial charge < -0.3 is 19.8 Å². The Balaban J connectivity index is 2.36. The molecule has 29 heavy (non-hydrogen) atoms. The molecule has 7 nitrogen and oxygen atoms in total. The van der Waals surface area contributed by atoms with E-state index in [2.05, 4.69) is 14.5 Å². The summed E-state index contributed by atoms with van der Waals surface area (Å²) < 4.78 is 5.76. The van der Waals surface area contributed by atoms with E-state index in [-0.39, 0.29) is 30.5 Å². The van der Waals surface area contributed by atoms with Crippen molar-refractivity contribution in [3.63, 3.8) is 0 Å². The Morgan fingerprint density at radius 1 is 1.03 bits per heavy atom. The number of anilines is 1. The Morgan fingerprint density at radius 2 is 1.62 bits per heavy atom. The number of benzene rings is 1. The topological polar surface area (TPSA) is 66.0 Å². The van der Waals surface area contributed by atoms with E-state index in [1.807, 2.05) is 35.2 Å². The summed E-state index contributed by atoms with van der Waals surface area (Å²) in [7, 11) is 0. The van der Waals surface area contributed by atoms with Gasteiger partial charge in [-0.05, 0) is 31.5 Å². The number of aliphatic hydroxyl groups is 2. The maximum absolute atomic E-state index is 9.16. The molecule has 1 aromatic rings. The monoisotopic (exact) mass is 390 g/mol. The minimum absolute atomic E-state index is 0.00264. The number of hydrogen-bond donors (Lipinski definition) is 2. The Labute approximate surface area is 170 Å². The minimum Gasteiger partial charge on any atom is -0.499 e. The predicted molar refractivity (Wildman–Crippen MR) is 111 cm³/mol. The summed E-state index contributed by atoms with van der Waals surface area (Å²) in [6, 6.07) is 7.59. The molecule has 148 valence electrons.